The molecule has 0 aliphatic heterocycles. The summed E-state index contributed by atoms with van der Waals surface area (Å²) in [6.07, 6.45) is 0. The van der Waals surface area contributed by atoms with Crippen LogP contribution in [0, 0.1) is 0 Å². The Hall–Kier alpha value is -2.24. The lowest BCUT2D eigenvalue weighted by Crippen LogP contribution is -2.04. The SMILES string of the molecule is COc1cc(C(=O)O)c(O)c(C(=O)O)c1. The maximum Gasteiger partial charge on any atom is 0.339 e. The first kappa shape index (κ1) is 10.8. The first-order valence-electron chi connectivity index (χ1n) is 3.85. The topological polar surface area (TPSA) is 104 Å². The fourth-order valence-corrected chi connectivity index (χ4v) is 1.05. The molecule has 0 atom stereocenters. The summed E-state index contributed by atoms with van der Waals surface area (Å²) in [5.74, 6) is -3.57. The maximum atomic E-state index is 10.7. The minimum atomic E-state index is -1.42. The average Bonchev–Trinajstić information content (AvgIpc) is 2.17. The Morgan fingerprint density at radius 2 is 1.53 bits per heavy atom. The quantitative estimate of drug-likeness (QED) is 0.684. The highest BCUT2D eigenvalue weighted by molar-refractivity contribution is 5.99. The normalized spacial score (nSPS) is 9.67. The van der Waals surface area contributed by atoms with Crippen molar-refractivity contribution < 1.29 is 29.6 Å². The van der Waals surface area contributed by atoms with Gasteiger partial charge in [0.2, 0.25) is 0 Å². The van der Waals surface area contributed by atoms with Crippen molar-refractivity contribution in [1.29, 1.82) is 0 Å². The van der Waals surface area contributed by atoms with Crippen LogP contribution in [0.25, 0.3) is 0 Å². The fraction of sp³-hybridized carbons (Fsp3) is 0.111. The van der Waals surface area contributed by atoms with E-state index in [1.807, 2.05) is 0 Å². The van der Waals surface area contributed by atoms with Gasteiger partial charge in [0.15, 0.2) is 0 Å². The zero-order valence-electron chi connectivity index (χ0n) is 7.72. The lowest BCUT2D eigenvalue weighted by Gasteiger charge is -2.06. The molecule has 1 aromatic carbocycles. The summed E-state index contributed by atoms with van der Waals surface area (Å²) in [4.78, 5) is 21.3. The van der Waals surface area contributed by atoms with E-state index in [1.165, 1.54) is 7.11 Å². The van der Waals surface area contributed by atoms with Crippen LogP contribution in [0.4, 0.5) is 0 Å². The van der Waals surface area contributed by atoms with Crippen LogP contribution in [0.2, 0.25) is 0 Å². The van der Waals surface area contributed by atoms with Gasteiger partial charge in [0.25, 0.3) is 0 Å². The van der Waals surface area contributed by atoms with Gasteiger partial charge in [-0.25, -0.2) is 9.59 Å². The molecule has 0 radical (unpaired) electrons. The number of ether oxygens (including phenoxy) is 1. The highest BCUT2D eigenvalue weighted by atomic mass is 16.5. The second kappa shape index (κ2) is 3.87. The Bertz CT molecular complexity index is 388. The van der Waals surface area contributed by atoms with Crippen LogP contribution >= 0.6 is 0 Å². The molecule has 0 saturated carbocycles. The Morgan fingerprint density at radius 3 is 1.80 bits per heavy atom. The molecular formula is C9H8O6. The molecule has 6 nitrogen and oxygen atoms in total. The van der Waals surface area contributed by atoms with Gasteiger partial charge in [0.1, 0.15) is 22.6 Å². The van der Waals surface area contributed by atoms with Gasteiger partial charge in [-0.2, -0.15) is 0 Å². The summed E-state index contributed by atoms with van der Waals surface area (Å²) in [6.45, 7) is 0. The number of methoxy groups -OCH3 is 1. The molecule has 80 valence electrons. The Labute approximate surface area is 84.3 Å². The third-order valence-electron chi connectivity index (χ3n) is 1.78. The van der Waals surface area contributed by atoms with Crippen LogP contribution in [0.3, 0.4) is 0 Å². The summed E-state index contributed by atoms with van der Waals surface area (Å²) in [5.41, 5.74) is -1.02. The molecule has 0 bridgehead atoms. The largest absolute Gasteiger partial charge is 0.506 e. The number of hydrogen-bond donors (Lipinski definition) is 3. The van der Waals surface area contributed by atoms with Gasteiger partial charge >= 0.3 is 11.9 Å². The molecule has 0 aromatic heterocycles. The van der Waals surface area contributed by atoms with Crippen molar-refractivity contribution in [1.82, 2.24) is 0 Å². The first-order valence-corrected chi connectivity index (χ1v) is 3.85. The van der Waals surface area contributed by atoms with Crippen LogP contribution in [0.5, 0.6) is 11.5 Å². The minimum Gasteiger partial charge on any atom is -0.506 e. The smallest absolute Gasteiger partial charge is 0.339 e. The summed E-state index contributed by atoms with van der Waals surface area (Å²) in [5, 5.41) is 26.7. The van der Waals surface area contributed by atoms with Crippen molar-refractivity contribution in [2.75, 3.05) is 7.11 Å². The van der Waals surface area contributed by atoms with E-state index >= 15 is 0 Å². The van der Waals surface area contributed by atoms with Gasteiger partial charge < -0.3 is 20.1 Å². The van der Waals surface area contributed by atoms with E-state index in [4.69, 9.17) is 14.9 Å². The molecule has 6 heteroatoms. The van der Waals surface area contributed by atoms with Crippen LogP contribution in [-0.4, -0.2) is 34.4 Å². The number of aromatic carboxylic acids is 2. The summed E-state index contributed by atoms with van der Waals surface area (Å²) in [6, 6.07) is 2.09. The van der Waals surface area contributed by atoms with E-state index in [0.29, 0.717) is 0 Å². The number of benzene rings is 1. The van der Waals surface area contributed by atoms with Crippen molar-refractivity contribution in [2.45, 2.75) is 0 Å². The van der Waals surface area contributed by atoms with E-state index < -0.39 is 28.8 Å². The number of phenols is 1. The van der Waals surface area contributed by atoms with Crippen molar-refractivity contribution in [3.05, 3.63) is 23.3 Å². The standard InChI is InChI=1S/C9H8O6/c1-15-4-2-5(8(11)12)7(10)6(3-4)9(13)14/h2-3,10H,1H3,(H,11,12)(H,13,14). The molecule has 0 aliphatic rings. The number of rotatable bonds is 3. The highest BCUT2D eigenvalue weighted by Gasteiger charge is 2.19. The molecule has 3 N–H and O–H groups in total. The minimum absolute atomic E-state index is 0.0580. The number of carbonyl (C=O) groups is 2. The van der Waals surface area contributed by atoms with Gasteiger partial charge in [0.05, 0.1) is 7.11 Å². The van der Waals surface area contributed by atoms with Crippen molar-refractivity contribution in [2.24, 2.45) is 0 Å². The molecule has 1 aromatic rings. The summed E-state index contributed by atoms with van der Waals surface area (Å²) >= 11 is 0. The molecule has 0 unspecified atom stereocenters. The Morgan fingerprint density at radius 1 is 1.13 bits per heavy atom. The van der Waals surface area contributed by atoms with Gasteiger partial charge in [-0.15, -0.1) is 0 Å². The van der Waals surface area contributed by atoms with Crippen LogP contribution < -0.4 is 4.74 Å². The predicted molar refractivity (Wildman–Crippen MR) is 48.6 cm³/mol. The van der Waals surface area contributed by atoms with E-state index in [1.54, 1.807) is 0 Å². The number of carboxylic acid groups (broad SMARTS) is 2. The first-order chi connectivity index (χ1) is 6.97. The van der Waals surface area contributed by atoms with Gasteiger partial charge in [-0.3, -0.25) is 0 Å². The van der Waals surface area contributed by atoms with Crippen LogP contribution in [-0.2, 0) is 0 Å². The van der Waals surface area contributed by atoms with E-state index in [2.05, 4.69) is 0 Å². The average molecular weight is 212 g/mol. The zero-order chi connectivity index (χ0) is 11.6. The highest BCUT2D eigenvalue weighted by Crippen LogP contribution is 2.28. The monoisotopic (exact) mass is 212 g/mol. The van der Waals surface area contributed by atoms with Crippen LogP contribution in [0.1, 0.15) is 20.7 Å². The van der Waals surface area contributed by atoms with Crippen molar-refractivity contribution in [3.8, 4) is 11.5 Å². The molecule has 15 heavy (non-hydrogen) atoms. The second-order valence-corrected chi connectivity index (χ2v) is 2.68. The third kappa shape index (κ3) is 1.98. The lowest BCUT2D eigenvalue weighted by atomic mass is 10.1. The maximum absolute atomic E-state index is 10.7. The molecule has 0 saturated heterocycles. The number of aromatic hydroxyl groups is 1. The van der Waals surface area contributed by atoms with E-state index in [-0.39, 0.29) is 5.75 Å². The fourth-order valence-electron chi connectivity index (χ4n) is 1.05. The second-order valence-electron chi connectivity index (χ2n) is 2.68. The Kier molecular flexibility index (Phi) is 2.80. The van der Waals surface area contributed by atoms with Crippen molar-refractivity contribution >= 4 is 11.9 Å². The van der Waals surface area contributed by atoms with Crippen molar-refractivity contribution in [3.63, 3.8) is 0 Å². The van der Waals surface area contributed by atoms with Gasteiger partial charge in [-0.1, -0.05) is 0 Å². The Balaban J connectivity index is 3.47. The molecular weight excluding hydrogens is 204 g/mol. The van der Waals surface area contributed by atoms with Crippen LogP contribution in [0.15, 0.2) is 12.1 Å². The summed E-state index contributed by atoms with van der Waals surface area (Å²) < 4.78 is 4.71. The van der Waals surface area contributed by atoms with Gasteiger partial charge in [-0.05, 0) is 12.1 Å². The molecule has 0 spiro atoms. The molecule has 1 rings (SSSR count). The molecule has 0 aliphatic carbocycles. The zero-order valence-corrected chi connectivity index (χ0v) is 7.72. The van der Waals surface area contributed by atoms with E-state index in [0.717, 1.165) is 12.1 Å². The number of hydrogen-bond acceptors (Lipinski definition) is 4. The predicted octanol–water partition coefficient (Wildman–Crippen LogP) is 0.797. The molecule has 0 heterocycles. The van der Waals surface area contributed by atoms with E-state index in [9.17, 15) is 14.7 Å². The third-order valence-corrected chi connectivity index (χ3v) is 1.78. The molecule has 0 amide bonds. The summed E-state index contributed by atoms with van der Waals surface area (Å²) in [7, 11) is 1.27. The van der Waals surface area contributed by atoms with Gasteiger partial charge in [0, 0.05) is 0 Å². The lowest BCUT2D eigenvalue weighted by molar-refractivity contribution is 0.0690. The molecule has 0 fully saturated rings. The number of carboxylic acids is 2.